The molecule has 7 heteroatoms. The molecule has 90 valence electrons. The molecule has 1 aromatic rings. The molecule has 0 aliphatic carbocycles. The van der Waals surface area contributed by atoms with Crippen LogP contribution in [-0.4, -0.2) is 16.8 Å². The number of aromatic nitrogens is 1. The number of hydrogen-bond donors (Lipinski definition) is 0. The molecular formula is C10H7F3N2O2. The number of nitrogens with zero attached hydrogens (tertiary/aromatic N) is 2. The maximum atomic E-state index is 12.4. The largest absolute Gasteiger partial charge is 0.416 e. The van der Waals surface area contributed by atoms with Crippen LogP contribution in [0.3, 0.4) is 0 Å². The number of alkyl halides is 3. The zero-order valence-electron chi connectivity index (χ0n) is 8.49. The molecule has 0 aromatic carbocycles. The summed E-state index contributed by atoms with van der Waals surface area (Å²) in [5, 5.41) is 0. The van der Waals surface area contributed by atoms with Crippen molar-refractivity contribution in [1.29, 1.82) is 0 Å². The number of imide groups is 1. The van der Waals surface area contributed by atoms with Gasteiger partial charge in [0.1, 0.15) is 5.82 Å². The fraction of sp³-hybridized carbons (Fsp3) is 0.300. The second-order valence-electron chi connectivity index (χ2n) is 3.52. The van der Waals surface area contributed by atoms with Gasteiger partial charge in [0.2, 0.25) is 11.8 Å². The third-order valence-electron chi connectivity index (χ3n) is 2.35. The number of carbonyl (C=O) groups excluding carboxylic acids is 2. The zero-order valence-corrected chi connectivity index (χ0v) is 8.49. The molecule has 0 N–H and O–H groups in total. The SMILES string of the molecule is O=C1CCC(=O)N1c1cc(C(F)(F)F)ccn1. The highest BCUT2D eigenvalue weighted by atomic mass is 19.4. The van der Waals surface area contributed by atoms with Gasteiger partial charge in [0.15, 0.2) is 0 Å². The average Bonchev–Trinajstić information content (AvgIpc) is 2.57. The molecular weight excluding hydrogens is 237 g/mol. The van der Waals surface area contributed by atoms with E-state index in [4.69, 9.17) is 0 Å². The summed E-state index contributed by atoms with van der Waals surface area (Å²) in [7, 11) is 0. The van der Waals surface area contributed by atoms with Crippen molar-refractivity contribution < 1.29 is 22.8 Å². The monoisotopic (exact) mass is 244 g/mol. The maximum absolute atomic E-state index is 12.4. The van der Waals surface area contributed by atoms with Crippen molar-refractivity contribution in [2.24, 2.45) is 0 Å². The van der Waals surface area contributed by atoms with Crippen molar-refractivity contribution in [3.63, 3.8) is 0 Å². The first-order chi connectivity index (χ1) is 7.89. The van der Waals surface area contributed by atoms with Gasteiger partial charge in [0.25, 0.3) is 0 Å². The molecule has 0 radical (unpaired) electrons. The number of anilines is 1. The molecule has 2 amide bonds. The summed E-state index contributed by atoms with van der Waals surface area (Å²) >= 11 is 0. The number of hydrogen-bond acceptors (Lipinski definition) is 3. The Labute approximate surface area is 94.0 Å². The van der Waals surface area contributed by atoms with E-state index in [-0.39, 0.29) is 18.7 Å². The van der Waals surface area contributed by atoms with Crippen LogP contribution in [0.4, 0.5) is 19.0 Å². The predicted molar refractivity (Wildman–Crippen MR) is 51.0 cm³/mol. The Morgan fingerprint density at radius 3 is 2.29 bits per heavy atom. The van der Waals surface area contributed by atoms with Crippen LogP contribution in [0.25, 0.3) is 0 Å². The molecule has 0 atom stereocenters. The van der Waals surface area contributed by atoms with Gasteiger partial charge in [-0.05, 0) is 12.1 Å². The number of carbonyl (C=O) groups is 2. The average molecular weight is 244 g/mol. The number of halogens is 3. The standard InChI is InChI=1S/C10H7F3N2O2/c11-10(12,13)6-3-4-14-7(5-6)15-8(16)1-2-9(15)17/h3-5H,1-2H2. The molecule has 1 aliphatic rings. The van der Waals surface area contributed by atoms with E-state index in [1.807, 2.05) is 0 Å². The third kappa shape index (κ3) is 2.13. The minimum absolute atomic E-state index is 0.0107. The maximum Gasteiger partial charge on any atom is 0.416 e. The van der Waals surface area contributed by atoms with E-state index < -0.39 is 23.6 Å². The van der Waals surface area contributed by atoms with Crippen LogP contribution in [-0.2, 0) is 15.8 Å². The number of amides is 2. The van der Waals surface area contributed by atoms with Crippen LogP contribution in [0, 0.1) is 0 Å². The molecule has 2 rings (SSSR count). The van der Waals surface area contributed by atoms with Crippen molar-refractivity contribution in [3.05, 3.63) is 23.9 Å². The van der Waals surface area contributed by atoms with Crippen LogP contribution in [0.5, 0.6) is 0 Å². The van der Waals surface area contributed by atoms with E-state index in [1.54, 1.807) is 0 Å². The fourth-order valence-corrected chi connectivity index (χ4v) is 1.55. The normalized spacial score (nSPS) is 16.8. The van der Waals surface area contributed by atoms with Crippen molar-refractivity contribution in [2.45, 2.75) is 19.0 Å². The Kier molecular flexibility index (Phi) is 2.60. The topological polar surface area (TPSA) is 50.3 Å². The van der Waals surface area contributed by atoms with Gasteiger partial charge in [0, 0.05) is 19.0 Å². The second kappa shape index (κ2) is 3.83. The van der Waals surface area contributed by atoms with E-state index in [0.717, 1.165) is 12.3 Å². The van der Waals surface area contributed by atoms with Crippen LogP contribution in [0.2, 0.25) is 0 Å². The van der Waals surface area contributed by atoms with Crippen molar-refractivity contribution >= 4 is 17.6 Å². The van der Waals surface area contributed by atoms with Gasteiger partial charge < -0.3 is 0 Å². The van der Waals surface area contributed by atoms with Gasteiger partial charge in [-0.15, -0.1) is 0 Å². The Morgan fingerprint density at radius 2 is 1.76 bits per heavy atom. The van der Waals surface area contributed by atoms with Crippen molar-refractivity contribution in [3.8, 4) is 0 Å². The summed E-state index contributed by atoms with van der Waals surface area (Å²) in [6, 6.07) is 1.48. The minimum Gasteiger partial charge on any atom is -0.274 e. The first-order valence-corrected chi connectivity index (χ1v) is 4.78. The van der Waals surface area contributed by atoms with Gasteiger partial charge in [0.05, 0.1) is 5.56 Å². The Morgan fingerprint density at radius 1 is 1.18 bits per heavy atom. The van der Waals surface area contributed by atoms with Gasteiger partial charge >= 0.3 is 6.18 Å². The summed E-state index contributed by atoms with van der Waals surface area (Å²) in [5.74, 6) is -1.32. The molecule has 4 nitrogen and oxygen atoms in total. The third-order valence-corrected chi connectivity index (χ3v) is 2.35. The summed E-state index contributed by atoms with van der Waals surface area (Å²) < 4.78 is 37.3. The molecule has 0 saturated carbocycles. The predicted octanol–water partition coefficient (Wildman–Crippen LogP) is 1.75. The lowest BCUT2D eigenvalue weighted by molar-refractivity contribution is -0.137. The van der Waals surface area contributed by atoms with Crippen molar-refractivity contribution in [1.82, 2.24) is 4.98 Å². The quantitative estimate of drug-likeness (QED) is 0.707. The molecule has 1 saturated heterocycles. The molecule has 0 unspecified atom stereocenters. The Bertz CT molecular complexity index is 469. The van der Waals surface area contributed by atoms with E-state index in [9.17, 15) is 22.8 Å². The zero-order chi connectivity index (χ0) is 12.6. The lowest BCUT2D eigenvalue weighted by atomic mass is 10.2. The van der Waals surface area contributed by atoms with Crippen molar-refractivity contribution in [2.75, 3.05) is 4.90 Å². The Balaban J connectivity index is 2.40. The van der Waals surface area contributed by atoms with Gasteiger partial charge in [-0.3, -0.25) is 9.59 Å². The van der Waals surface area contributed by atoms with Gasteiger partial charge in [-0.2, -0.15) is 13.2 Å². The highest BCUT2D eigenvalue weighted by Crippen LogP contribution is 2.31. The fourth-order valence-electron chi connectivity index (χ4n) is 1.55. The van der Waals surface area contributed by atoms with Crippen LogP contribution in [0.15, 0.2) is 18.3 Å². The summed E-state index contributed by atoms with van der Waals surface area (Å²) in [6.07, 6.45) is -3.58. The number of pyridine rings is 1. The van der Waals surface area contributed by atoms with Gasteiger partial charge in [-0.1, -0.05) is 0 Å². The molecule has 17 heavy (non-hydrogen) atoms. The van der Waals surface area contributed by atoms with E-state index in [2.05, 4.69) is 4.98 Å². The lowest BCUT2D eigenvalue weighted by Crippen LogP contribution is -2.29. The summed E-state index contributed by atoms with van der Waals surface area (Å²) in [4.78, 5) is 27.0. The minimum atomic E-state index is -4.52. The summed E-state index contributed by atoms with van der Waals surface area (Å²) in [6.45, 7) is 0. The molecule has 1 fully saturated rings. The Hall–Kier alpha value is -1.92. The molecule has 1 aliphatic heterocycles. The molecule has 0 bridgehead atoms. The van der Waals surface area contributed by atoms with E-state index in [1.165, 1.54) is 0 Å². The molecule has 2 heterocycles. The van der Waals surface area contributed by atoms with Crippen LogP contribution < -0.4 is 4.90 Å². The highest BCUT2D eigenvalue weighted by Gasteiger charge is 2.35. The van der Waals surface area contributed by atoms with E-state index >= 15 is 0 Å². The molecule has 0 spiro atoms. The van der Waals surface area contributed by atoms with Crippen LogP contribution >= 0.6 is 0 Å². The first-order valence-electron chi connectivity index (χ1n) is 4.78. The highest BCUT2D eigenvalue weighted by molar-refractivity contribution is 6.19. The van der Waals surface area contributed by atoms with Gasteiger partial charge in [-0.25, -0.2) is 9.88 Å². The summed E-state index contributed by atoms with van der Waals surface area (Å²) in [5.41, 5.74) is -0.935. The first kappa shape index (κ1) is 11.6. The second-order valence-corrected chi connectivity index (χ2v) is 3.52. The smallest absolute Gasteiger partial charge is 0.274 e. The lowest BCUT2D eigenvalue weighted by Gasteiger charge is -2.14. The molecule has 1 aromatic heterocycles. The number of rotatable bonds is 1. The van der Waals surface area contributed by atoms with Crippen LogP contribution in [0.1, 0.15) is 18.4 Å². The van der Waals surface area contributed by atoms with E-state index in [0.29, 0.717) is 11.0 Å².